The van der Waals surface area contributed by atoms with Crippen molar-refractivity contribution in [2.75, 3.05) is 0 Å². The number of halogens is 3. The maximum atomic E-state index is 13.4. The fourth-order valence-electron chi connectivity index (χ4n) is 3.35. The highest BCUT2D eigenvalue weighted by molar-refractivity contribution is 6.23. The van der Waals surface area contributed by atoms with Crippen molar-refractivity contribution in [1.82, 2.24) is 9.97 Å². The number of benzene rings is 3. The molecule has 144 valence electrons. The van der Waals surface area contributed by atoms with E-state index in [0.29, 0.717) is 28.1 Å². The molecule has 0 radical (unpaired) electrons. The first kappa shape index (κ1) is 17.8. The average molecular weight is 402 g/mol. The third-order valence-corrected chi connectivity index (χ3v) is 4.64. The third kappa shape index (κ3) is 2.76. The molecule has 0 atom stereocenters. The highest BCUT2D eigenvalue weighted by Crippen LogP contribution is 2.36. The maximum Gasteiger partial charge on any atom is 0.194 e. The molecule has 0 aliphatic heterocycles. The maximum absolute atomic E-state index is 13.4. The Kier molecular flexibility index (Phi) is 3.96. The second-order valence-electron chi connectivity index (χ2n) is 6.47. The van der Waals surface area contributed by atoms with E-state index in [1.165, 1.54) is 0 Å². The topological polar surface area (TPSA) is 51.7 Å². The summed E-state index contributed by atoms with van der Waals surface area (Å²) in [5.74, 6) is -4.17. The predicted molar refractivity (Wildman–Crippen MR) is 104 cm³/mol. The van der Waals surface area contributed by atoms with Gasteiger partial charge in [0.2, 0.25) is 0 Å². The number of aromatic nitrogens is 2. The molecule has 30 heavy (non-hydrogen) atoms. The van der Waals surface area contributed by atoms with Crippen LogP contribution in [0.3, 0.4) is 0 Å². The average Bonchev–Trinajstić information content (AvgIpc) is 3.04. The first-order chi connectivity index (χ1) is 14.5. The molecule has 0 fully saturated rings. The molecule has 4 aromatic rings. The first-order valence-electron chi connectivity index (χ1n) is 8.74. The number of rotatable bonds is 2. The minimum Gasteiger partial charge on any atom is -0.457 e. The molecular formula is C22H9F3N4O. The van der Waals surface area contributed by atoms with Gasteiger partial charge in [-0.05, 0) is 12.1 Å². The van der Waals surface area contributed by atoms with Gasteiger partial charge in [0.05, 0.1) is 21.8 Å². The van der Waals surface area contributed by atoms with Crippen molar-refractivity contribution in [1.29, 1.82) is 0 Å². The fourth-order valence-corrected chi connectivity index (χ4v) is 3.35. The monoisotopic (exact) mass is 402 g/mol. The Hall–Kier alpha value is -4.25. The van der Waals surface area contributed by atoms with Crippen molar-refractivity contribution in [2.45, 2.75) is 0 Å². The molecular weight excluding hydrogens is 393 g/mol. The molecule has 0 bridgehead atoms. The van der Waals surface area contributed by atoms with Crippen LogP contribution in [-0.2, 0) is 0 Å². The van der Waals surface area contributed by atoms with Crippen LogP contribution in [0.15, 0.2) is 59.7 Å². The molecule has 0 saturated carbocycles. The van der Waals surface area contributed by atoms with E-state index in [1.807, 2.05) is 24.3 Å². The van der Waals surface area contributed by atoms with Gasteiger partial charge < -0.3 is 4.74 Å². The van der Waals surface area contributed by atoms with Crippen LogP contribution >= 0.6 is 0 Å². The van der Waals surface area contributed by atoms with E-state index >= 15 is 0 Å². The van der Waals surface area contributed by atoms with E-state index in [0.717, 1.165) is 23.3 Å². The molecule has 1 aliphatic carbocycles. The minimum atomic E-state index is -1.56. The normalized spacial score (nSPS) is 13.2. The fraction of sp³-hybridized carbons (Fsp3) is 0. The SMILES string of the molecule is [C-]#[N+]N=C1c2ccccc2-c2nc3cc(Oc4cc(F)c(F)c(F)c4)ccc3nc21. The van der Waals surface area contributed by atoms with Crippen LogP contribution in [-0.4, -0.2) is 15.7 Å². The molecule has 0 spiro atoms. The summed E-state index contributed by atoms with van der Waals surface area (Å²) in [4.78, 5) is 12.4. The second kappa shape index (κ2) is 6.67. The summed E-state index contributed by atoms with van der Waals surface area (Å²) < 4.78 is 45.5. The van der Waals surface area contributed by atoms with Crippen LogP contribution in [0.1, 0.15) is 11.3 Å². The van der Waals surface area contributed by atoms with Crippen LogP contribution in [0.4, 0.5) is 13.2 Å². The van der Waals surface area contributed by atoms with Crippen LogP contribution in [0.5, 0.6) is 11.5 Å². The lowest BCUT2D eigenvalue weighted by molar-refractivity contribution is 0.424. The quantitative estimate of drug-likeness (QED) is 0.223. The van der Waals surface area contributed by atoms with Gasteiger partial charge in [-0.1, -0.05) is 24.3 Å². The standard InChI is InChI=1S/C22H9F3N4O/c1-26-29-21-14-5-3-2-4-13(14)20-22(21)27-17-7-6-11(10-18(17)28-20)30-12-8-15(23)19(25)16(24)9-12/h2-10H. The smallest absolute Gasteiger partial charge is 0.194 e. The Balaban J connectivity index is 1.61. The number of ether oxygens (including phenoxy) is 1. The highest BCUT2D eigenvalue weighted by atomic mass is 19.2. The van der Waals surface area contributed by atoms with Gasteiger partial charge in [-0.3, -0.25) is 0 Å². The second-order valence-corrected chi connectivity index (χ2v) is 6.47. The molecule has 0 amide bonds. The van der Waals surface area contributed by atoms with Gasteiger partial charge in [0.25, 0.3) is 0 Å². The number of hydrogen-bond donors (Lipinski definition) is 0. The summed E-state index contributed by atoms with van der Waals surface area (Å²) in [6.07, 6.45) is 0. The first-order valence-corrected chi connectivity index (χ1v) is 8.74. The highest BCUT2D eigenvalue weighted by Gasteiger charge is 2.30. The summed E-state index contributed by atoms with van der Waals surface area (Å²) in [7, 11) is 0. The molecule has 0 N–H and O–H groups in total. The minimum absolute atomic E-state index is 0.184. The molecule has 8 heteroatoms. The third-order valence-electron chi connectivity index (χ3n) is 4.64. The van der Waals surface area contributed by atoms with Crippen molar-refractivity contribution in [3.8, 4) is 22.8 Å². The summed E-state index contributed by atoms with van der Waals surface area (Å²) in [5.41, 5.74) is 4.14. The van der Waals surface area contributed by atoms with Gasteiger partial charge in [0.15, 0.2) is 23.2 Å². The van der Waals surface area contributed by atoms with Gasteiger partial charge >= 0.3 is 0 Å². The number of nitrogens with zero attached hydrogens (tertiary/aromatic N) is 4. The van der Waals surface area contributed by atoms with Crippen LogP contribution < -0.4 is 4.74 Å². The van der Waals surface area contributed by atoms with Crippen molar-refractivity contribution < 1.29 is 17.9 Å². The van der Waals surface area contributed by atoms with Gasteiger partial charge in [-0.15, -0.1) is 4.95 Å². The zero-order chi connectivity index (χ0) is 20.8. The molecule has 1 aromatic heterocycles. The van der Waals surface area contributed by atoms with Crippen molar-refractivity contribution in [3.05, 3.63) is 94.8 Å². The van der Waals surface area contributed by atoms with E-state index in [-0.39, 0.29) is 11.5 Å². The summed E-state index contributed by atoms with van der Waals surface area (Å²) >= 11 is 0. The van der Waals surface area contributed by atoms with Gasteiger partial charge in [0.1, 0.15) is 17.2 Å². The lowest BCUT2D eigenvalue weighted by Crippen LogP contribution is -2.01. The van der Waals surface area contributed by atoms with E-state index in [4.69, 9.17) is 11.3 Å². The van der Waals surface area contributed by atoms with Crippen molar-refractivity contribution >= 4 is 16.7 Å². The summed E-state index contributed by atoms with van der Waals surface area (Å²) in [6.45, 7) is 7.09. The van der Waals surface area contributed by atoms with E-state index in [9.17, 15) is 13.2 Å². The lowest BCUT2D eigenvalue weighted by atomic mass is 10.1. The molecule has 1 aliphatic rings. The molecule has 1 heterocycles. The molecule has 5 rings (SSSR count). The number of hydrogen-bond acceptors (Lipinski definition) is 4. The van der Waals surface area contributed by atoms with E-state index in [1.54, 1.807) is 18.2 Å². The van der Waals surface area contributed by atoms with E-state index in [2.05, 4.69) is 20.0 Å². The van der Waals surface area contributed by atoms with Gasteiger partial charge in [-0.2, -0.15) is 6.57 Å². The Morgan fingerprint density at radius 1 is 0.800 bits per heavy atom. The van der Waals surface area contributed by atoms with E-state index < -0.39 is 17.5 Å². The summed E-state index contributed by atoms with van der Waals surface area (Å²) in [6, 6.07) is 13.7. The molecule has 0 saturated heterocycles. The predicted octanol–water partition coefficient (Wildman–Crippen LogP) is 5.49. The van der Waals surface area contributed by atoms with Crippen LogP contribution in [0, 0.1) is 24.0 Å². The van der Waals surface area contributed by atoms with Gasteiger partial charge in [-0.25, -0.2) is 23.1 Å². The zero-order valence-corrected chi connectivity index (χ0v) is 15.0. The Morgan fingerprint density at radius 3 is 2.23 bits per heavy atom. The lowest BCUT2D eigenvalue weighted by Gasteiger charge is -2.08. The number of fused-ring (bicyclic) bond motifs is 4. The Labute approximate surface area is 167 Å². The molecule has 5 nitrogen and oxygen atoms in total. The summed E-state index contributed by atoms with van der Waals surface area (Å²) in [5, 5.41) is 3.89. The Bertz CT molecular complexity index is 1400. The zero-order valence-electron chi connectivity index (χ0n) is 15.0. The van der Waals surface area contributed by atoms with Crippen molar-refractivity contribution in [3.63, 3.8) is 0 Å². The molecule has 0 unspecified atom stereocenters. The van der Waals surface area contributed by atoms with Crippen LogP contribution in [0.2, 0.25) is 0 Å². The van der Waals surface area contributed by atoms with Gasteiger partial charge in [0, 0.05) is 29.3 Å². The van der Waals surface area contributed by atoms with Crippen LogP contribution in [0.25, 0.3) is 27.2 Å². The molecule has 3 aromatic carbocycles. The Morgan fingerprint density at radius 2 is 1.50 bits per heavy atom. The largest absolute Gasteiger partial charge is 0.457 e. The van der Waals surface area contributed by atoms with Crippen molar-refractivity contribution in [2.24, 2.45) is 5.10 Å².